The molecular formula is C19H23N3O2. The third kappa shape index (κ3) is 4.13. The highest BCUT2D eigenvalue weighted by atomic mass is 16.5. The van der Waals surface area contributed by atoms with E-state index in [-0.39, 0.29) is 5.91 Å². The quantitative estimate of drug-likeness (QED) is 0.805. The Bertz CT molecular complexity index is 634. The van der Waals surface area contributed by atoms with Gasteiger partial charge < -0.3 is 9.64 Å². The average molecular weight is 325 g/mol. The first-order valence-electron chi connectivity index (χ1n) is 8.34. The van der Waals surface area contributed by atoms with Crippen LogP contribution in [-0.4, -0.2) is 31.1 Å². The van der Waals surface area contributed by atoms with Crippen LogP contribution >= 0.6 is 0 Å². The van der Waals surface area contributed by atoms with Crippen molar-refractivity contribution in [2.75, 3.05) is 20.3 Å². The fraction of sp³-hybridized carbons (Fsp3) is 0.526. The van der Waals surface area contributed by atoms with Gasteiger partial charge in [0.1, 0.15) is 5.41 Å². The van der Waals surface area contributed by atoms with Gasteiger partial charge in [0.05, 0.1) is 24.3 Å². The van der Waals surface area contributed by atoms with Crippen molar-refractivity contribution >= 4 is 5.91 Å². The summed E-state index contributed by atoms with van der Waals surface area (Å²) in [6, 6.07) is 11.6. The van der Waals surface area contributed by atoms with E-state index < -0.39 is 5.41 Å². The van der Waals surface area contributed by atoms with Gasteiger partial charge in [0.25, 0.3) is 0 Å². The van der Waals surface area contributed by atoms with E-state index in [1.807, 2.05) is 12.1 Å². The number of methoxy groups -OCH3 is 1. The second kappa shape index (κ2) is 8.47. The van der Waals surface area contributed by atoms with Gasteiger partial charge in [0, 0.05) is 20.2 Å². The smallest absolute Gasteiger partial charge is 0.243 e. The molecule has 0 unspecified atom stereocenters. The van der Waals surface area contributed by atoms with Crippen molar-refractivity contribution in [2.45, 2.75) is 38.6 Å². The predicted octanol–water partition coefficient (Wildman–Crippen LogP) is 3.01. The fourth-order valence-electron chi connectivity index (χ4n) is 3.19. The van der Waals surface area contributed by atoms with Crippen LogP contribution in [0.3, 0.4) is 0 Å². The van der Waals surface area contributed by atoms with Crippen molar-refractivity contribution in [2.24, 2.45) is 5.41 Å². The summed E-state index contributed by atoms with van der Waals surface area (Å²) in [5, 5.41) is 18.5. The van der Waals surface area contributed by atoms with E-state index in [4.69, 9.17) is 10.00 Å². The number of nitriles is 2. The summed E-state index contributed by atoms with van der Waals surface area (Å²) in [4.78, 5) is 14.8. The number of benzene rings is 1. The summed E-state index contributed by atoms with van der Waals surface area (Å²) >= 11 is 0. The predicted molar refractivity (Wildman–Crippen MR) is 89.6 cm³/mol. The normalized spacial score (nSPS) is 16.0. The lowest BCUT2D eigenvalue weighted by Crippen LogP contribution is -2.45. The summed E-state index contributed by atoms with van der Waals surface area (Å²) in [5.74, 6) is -0.0916. The molecule has 0 spiro atoms. The third-order valence-electron chi connectivity index (χ3n) is 4.64. The van der Waals surface area contributed by atoms with E-state index in [0.717, 1.165) is 24.8 Å². The molecule has 24 heavy (non-hydrogen) atoms. The lowest BCUT2D eigenvalue weighted by molar-refractivity contribution is -0.142. The topological polar surface area (TPSA) is 77.1 Å². The molecular weight excluding hydrogens is 302 g/mol. The van der Waals surface area contributed by atoms with Gasteiger partial charge in [-0.15, -0.1) is 0 Å². The summed E-state index contributed by atoms with van der Waals surface area (Å²) in [6.07, 6.45) is 4.21. The standard InChI is InChI=1S/C19H23N3O2/c1-24-12-11-22(14-17-7-5-16(13-20)6-8-17)18(23)19(15-21)9-3-2-4-10-19/h5-8H,2-4,9-12,14H2,1H3. The number of rotatable bonds is 6. The largest absolute Gasteiger partial charge is 0.383 e. The Labute approximate surface area is 143 Å². The van der Waals surface area contributed by atoms with Crippen LogP contribution in [0.25, 0.3) is 0 Å². The molecule has 5 nitrogen and oxygen atoms in total. The average Bonchev–Trinajstić information content (AvgIpc) is 2.65. The molecule has 0 atom stereocenters. The maximum absolute atomic E-state index is 13.1. The SMILES string of the molecule is COCCN(Cc1ccc(C#N)cc1)C(=O)C1(C#N)CCCCC1. The van der Waals surface area contributed by atoms with Gasteiger partial charge in [0.2, 0.25) is 5.91 Å². The molecule has 1 aromatic rings. The molecule has 0 aromatic heterocycles. The van der Waals surface area contributed by atoms with Gasteiger partial charge in [0.15, 0.2) is 0 Å². The number of nitrogens with zero attached hydrogens (tertiary/aromatic N) is 3. The first kappa shape index (κ1) is 18.0. The third-order valence-corrected chi connectivity index (χ3v) is 4.64. The molecule has 1 amide bonds. The Balaban J connectivity index is 2.18. The molecule has 1 aromatic carbocycles. The first-order chi connectivity index (χ1) is 11.6. The molecule has 1 aliphatic rings. The van der Waals surface area contributed by atoms with Crippen LogP contribution in [-0.2, 0) is 16.1 Å². The van der Waals surface area contributed by atoms with Gasteiger partial charge in [-0.05, 0) is 30.5 Å². The van der Waals surface area contributed by atoms with E-state index in [9.17, 15) is 10.1 Å². The zero-order valence-electron chi connectivity index (χ0n) is 14.1. The number of carbonyl (C=O) groups excluding carboxylic acids is 1. The summed E-state index contributed by atoms with van der Waals surface area (Å²) < 4.78 is 5.13. The van der Waals surface area contributed by atoms with E-state index in [1.54, 1.807) is 24.1 Å². The Kier molecular flexibility index (Phi) is 6.35. The fourth-order valence-corrected chi connectivity index (χ4v) is 3.19. The Morgan fingerprint density at radius 1 is 1.21 bits per heavy atom. The monoisotopic (exact) mass is 325 g/mol. The highest BCUT2D eigenvalue weighted by molar-refractivity contribution is 5.85. The highest BCUT2D eigenvalue weighted by Crippen LogP contribution is 2.37. The number of hydrogen-bond acceptors (Lipinski definition) is 4. The molecule has 5 heteroatoms. The van der Waals surface area contributed by atoms with Crippen LogP contribution in [0.15, 0.2) is 24.3 Å². The number of ether oxygens (including phenoxy) is 1. The minimum absolute atomic E-state index is 0.0916. The van der Waals surface area contributed by atoms with Crippen molar-refractivity contribution in [3.8, 4) is 12.1 Å². The van der Waals surface area contributed by atoms with Crippen molar-refractivity contribution in [3.63, 3.8) is 0 Å². The first-order valence-corrected chi connectivity index (χ1v) is 8.34. The summed E-state index contributed by atoms with van der Waals surface area (Å²) in [6.45, 7) is 1.32. The molecule has 0 heterocycles. The van der Waals surface area contributed by atoms with E-state index >= 15 is 0 Å². The molecule has 2 rings (SSSR count). The molecule has 1 aliphatic carbocycles. The second-order valence-corrected chi connectivity index (χ2v) is 6.28. The van der Waals surface area contributed by atoms with E-state index in [0.29, 0.717) is 38.1 Å². The summed E-state index contributed by atoms with van der Waals surface area (Å²) in [7, 11) is 1.60. The molecule has 0 bridgehead atoms. The van der Waals surface area contributed by atoms with Gasteiger partial charge in [-0.2, -0.15) is 10.5 Å². The van der Waals surface area contributed by atoms with Crippen LogP contribution in [0.5, 0.6) is 0 Å². The van der Waals surface area contributed by atoms with Gasteiger partial charge in [-0.25, -0.2) is 0 Å². The molecule has 126 valence electrons. The minimum Gasteiger partial charge on any atom is -0.383 e. The number of amides is 1. The second-order valence-electron chi connectivity index (χ2n) is 6.28. The van der Waals surface area contributed by atoms with Crippen molar-refractivity contribution in [1.82, 2.24) is 4.90 Å². The lowest BCUT2D eigenvalue weighted by atomic mass is 9.74. The Morgan fingerprint density at radius 3 is 2.42 bits per heavy atom. The number of carbonyl (C=O) groups is 1. The molecule has 1 fully saturated rings. The Morgan fingerprint density at radius 2 is 1.88 bits per heavy atom. The van der Waals surface area contributed by atoms with Gasteiger partial charge in [-0.3, -0.25) is 4.79 Å². The lowest BCUT2D eigenvalue weighted by Gasteiger charge is -2.35. The summed E-state index contributed by atoms with van der Waals surface area (Å²) in [5.41, 5.74) is 0.648. The minimum atomic E-state index is -0.890. The van der Waals surface area contributed by atoms with Crippen molar-refractivity contribution in [1.29, 1.82) is 10.5 Å². The van der Waals surface area contributed by atoms with Crippen molar-refractivity contribution in [3.05, 3.63) is 35.4 Å². The molecule has 0 aliphatic heterocycles. The van der Waals surface area contributed by atoms with Gasteiger partial charge >= 0.3 is 0 Å². The highest BCUT2D eigenvalue weighted by Gasteiger charge is 2.42. The van der Waals surface area contributed by atoms with Gasteiger partial charge in [-0.1, -0.05) is 31.4 Å². The maximum Gasteiger partial charge on any atom is 0.243 e. The Hall–Kier alpha value is -2.37. The van der Waals surface area contributed by atoms with Crippen molar-refractivity contribution < 1.29 is 9.53 Å². The molecule has 1 saturated carbocycles. The van der Waals surface area contributed by atoms with E-state index in [2.05, 4.69) is 12.1 Å². The van der Waals surface area contributed by atoms with E-state index in [1.165, 1.54) is 0 Å². The van der Waals surface area contributed by atoms with Crippen LogP contribution in [0, 0.1) is 28.1 Å². The molecule has 0 N–H and O–H groups in total. The van der Waals surface area contributed by atoms with Crippen LogP contribution in [0.1, 0.15) is 43.2 Å². The maximum atomic E-state index is 13.1. The van der Waals surface area contributed by atoms with Crippen LogP contribution in [0.2, 0.25) is 0 Å². The zero-order chi connectivity index (χ0) is 17.4. The number of hydrogen-bond donors (Lipinski definition) is 0. The molecule has 0 radical (unpaired) electrons. The zero-order valence-corrected chi connectivity index (χ0v) is 14.1. The van der Waals surface area contributed by atoms with Crippen LogP contribution < -0.4 is 0 Å². The van der Waals surface area contributed by atoms with Crippen LogP contribution in [0.4, 0.5) is 0 Å². The molecule has 0 saturated heterocycles.